The summed E-state index contributed by atoms with van der Waals surface area (Å²) >= 11 is 0. The van der Waals surface area contributed by atoms with Gasteiger partial charge in [-0.1, -0.05) is 167 Å². The first-order chi connectivity index (χ1) is 25.0. The van der Waals surface area contributed by atoms with Crippen LogP contribution in [0.3, 0.4) is 0 Å². The van der Waals surface area contributed by atoms with Crippen LogP contribution in [0.2, 0.25) is 0 Å². The molecule has 6 nitrogen and oxygen atoms in total. The Bertz CT molecular complexity index is 797. The number of carbonyl (C=O) groups excluding carboxylic acids is 2. The number of allylic oxidation sites excluding steroid dienone is 4. The first-order valence-electron chi connectivity index (χ1n) is 22.1. The van der Waals surface area contributed by atoms with Crippen LogP contribution in [0.25, 0.3) is 0 Å². The van der Waals surface area contributed by atoms with Crippen LogP contribution in [-0.4, -0.2) is 47.4 Å². The first-order valence-corrected chi connectivity index (χ1v) is 22.1. The van der Waals surface area contributed by atoms with E-state index in [0.29, 0.717) is 25.9 Å². The Hall–Kier alpha value is -1.66. The quantitative estimate of drug-likeness (QED) is 0.0333. The van der Waals surface area contributed by atoms with Gasteiger partial charge in [0.2, 0.25) is 5.91 Å². The van der Waals surface area contributed by atoms with Crippen LogP contribution in [0.4, 0.5) is 0 Å². The van der Waals surface area contributed by atoms with Crippen molar-refractivity contribution in [2.75, 3.05) is 13.2 Å². The zero-order valence-electron chi connectivity index (χ0n) is 33.8. The monoisotopic (exact) mass is 720 g/mol. The highest BCUT2D eigenvalue weighted by molar-refractivity contribution is 5.76. The van der Waals surface area contributed by atoms with E-state index in [9.17, 15) is 19.8 Å². The van der Waals surface area contributed by atoms with Crippen molar-refractivity contribution in [2.24, 2.45) is 0 Å². The summed E-state index contributed by atoms with van der Waals surface area (Å²) in [5.41, 5.74) is 0. The van der Waals surface area contributed by atoms with Crippen LogP contribution < -0.4 is 5.32 Å². The number of amides is 1. The fourth-order valence-electron chi connectivity index (χ4n) is 6.49. The van der Waals surface area contributed by atoms with Gasteiger partial charge < -0.3 is 20.3 Å². The fraction of sp³-hybridized carbons (Fsp3) is 0.867. The number of unbranched alkanes of at least 4 members (excludes halogenated alkanes) is 25. The molecule has 0 aromatic heterocycles. The lowest BCUT2D eigenvalue weighted by Crippen LogP contribution is -2.45. The molecule has 3 N–H and O–H groups in total. The highest BCUT2D eigenvalue weighted by atomic mass is 16.5. The van der Waals surface area contributed by atoms with Crippen molar-refractivity contribution in [1.29, 1.82) is 0 Å². The highest BCUT2D eigenvalue weighted by Crippen LogP contribution is 2.15. The number of nitrogens with one attached hydrogen (secondary N) is 1. The number of esters is 1. The van der Waals surface area contributed by atoms with E-state index in [1.165, 1.54) is 109 Å². The predicted molar refractivity (Wildman–Crippen MR) is 218 cm³/mol. The van der Waals surface area contributed by atoms with E-state index in [-0.39, 0.29) is 18.5 Å². The summed E-state index contributed by atoms with van der Waals surface area (Å²) in [6.07, 6.45) is 45.6. The van der Waals surface area contributed by atoms with Gasteiger partial charge in [-0.05, 0) is 70.6 Å². The Morgan fingerprint density at radius 2 is 0.941 bits per heavy atom. The Morgan fingerprint density at radius 1 is 0.529 bits per heavy atom. The molecule has 0 spiro atoms. The van der Waals surface area contributed by atoms with Crippen molar-refractivity contribution in [3.8, 4) is 0 Å². The van der Waals surface area contributed by atoms with Crippen molar-refractivity contribution in [3.05, 3.63) is 24.3 Å². The number of rotatable bonds is 40. The SMILES string of the molecule is CCCC/C=C\CCCCCCCC(=O)OCCCC/C=C\CCCCCCCC(=O)NC(CO)C(O)CCCCCCCCCCCCCC. The van der Waals surface area contributed by atoms with E-state index in [1.54, 1.807) is 0 Å². The zero-order chi connectivity index (χ0) is 37.3. The molecule has 1 amide bonds. The molecular weight excluding hydrogens is 634 g/mol. The minimum atomic E-state index is -0.680. The molecule has 0 aliphatic rings. The highest BCUT2D eigenvalue weighted by Gasteiger charge is 2.20. The summed E-state index contributed by atoms with van der Waals surface area (Å²) in [5.74, 6) is -0.110. The maximum Gasteiger partial charge on any atom is 0.305 e. The molecule has 0 rings (SSSR count). The zero-order valence-corrected chi connectivity index (χ0v) is 33.8. The molecule has 0 aromatic rings. The van der Waals surface area contributed by atoms with Gasteiger partial charge in [0.05, 0.1) is 25.4 Å². The van der Waals surface area contributed by atoms with Gasteiger partial charge in [0.1, 0.15) is 0 Å². The minimum Gasteiger partial charge on any atom is -0.466 e. The van der Waals surface area contributed by atoms with Crippen molar-refractivity contribution in [1.82, 2.24) is 5.32 Å². The normalized spacial score (nSPS) is 12.9. The Balaban J connectivity index is 3.55. The summed E-state index contributed by atoms with van der Waals surface area (Å²) in [6, 6.07) is -0.561. The molecule has 0 aliphatic carbocycles. The van der Waals surface area contributed by atoms with Gasteiger partial charge in [-0.15, -0.1) is 0 Å². The van der Waals surface area contributed by atoms with Crippen molar-refractivity contribution in [2.45, 2.75) is 238 Å². The molecule has 0 fully saturated rings. The smallest absolute Gasteiger partial charge is 0.305 e. The maximum atomic E-state index is 12.4. The van der Waals surface area contributed by atoms with Gasteiger partial charge in [0.15, 0.2) is 0 Å². The van der Waals surface area contributed by atoms with Gasteiger partial charge in [0.25, 0.3) is 0 Å². The van der Waals surface area contributed by atoms with Gasteiger partial charge in [-0.2, -0.15) is 0 Å². The summed E-state index contributed by atoms with van der Waals surface area (Å²) in [7, 11) is 0. The number of ether oxygens (including phenoxy) is 1. The van der Waals surface area contributed by atoms with Crippen LogP contribution in [0.15, 0.2) is 24.3 Å². The van der Waals surface area contributed by atoms with E-state index >= 15 is 0 Å². The maximum absolute atomic E-state index is 12.4. The fourth-order valence-corrected chi connectivity index (χ4v) is 6.49. The lowest BCUT2D eigenvalue weighted by molar-refractivity contribution is -0.143. The van der Waals surface area contributed by atoms with Gasteiger partial charge in [-0.25, -0.2) is 0 Å². The van der Waals surface area contributed by atoms with E-state index < -0.39 is 12.1 Å². The molecule has 0 saturated carbocycles. The lowest BCUT2D eigenvalue weighted by atomic mass is 10.0. The summed E-state index contributed by atoms with van der Waals surface area (Å²) < 4.78 is 5.40. The lowest BCUT2D eigenvalue weighted by Gasteiger charge is -2.22. The van der Waals surface area contributed by atoms with Crippen LogP contribution >= 0.6 is 0 Å². The van der Waals surface area contributed by atoms with E-state index in [4.69, 9.17) is 4.74 Å². The summed E-state index contributed by atoms with van der Waals surface area (Å²) in [4.78, 5) is 24.3. The molecule has 0 radical (unpaired) electrons. The summed E-state index contributed by atoms with van der Waals surface area (Å²) in [5, 5.41) is 23.1. The van der Waals surface area contributed by atoms with E-state index in [0.717, 1.165) is 83.5 Å². The second-order valence-electron chi connectivity index (χ2n) is 15.0. The number of carbonyl (C=O) groups is 2. The molecular formula is C45H85NO5. The number of aliphatic hydroxyl groups excluding tert-OH is 2. The average molecular weight is 720 g/mol. The van der Waals surface area contributed by atoms with Crippen LogP contribution in [-0.2, 0) is 14.3 Å². The van der Waals surface area contributed by atoms with Crippen LogP contribution in [0, 0.1) is 0 Å². The predicted octanol–water partition coefficient (Wildman–Crippen LogP) is 12.4. The second-order valence-corrected chi connectivity index (χ2v) is 15.0. The minimum absolute atomic E-state index is 0.0431. The van der Waals surface area contributed by atoms with E-state index in [2.05, 4.69) is 43.5 Å². The largest absolute Gasteiger partial charge is 0.466 e. The van der Waals surface area contributed by atoms with Crippen molar-refractivity contribution < 1.29 is 24.5 Å². The van der Waals surface area contributed by atoms with Gasteiger partial charge in [-0.3, -0.25) is 9.59 Å². The molecule has 2 atom stereocenters. The van der Waals surface area contributed by atoms with Crippen LogP contribution in [0.1, 0.15) is 226 Å². The number of hydrogen-bond acceptors (Lipinski definition) is 5. The van der Waals surface area contributed by atoms with E-state index in [1.807, 2.05) is 0 Å². The Morgan fingerprint density at radius 3 is 1.45 bits per heavy atom. The molecule has 51 heavy (non-hydrogen) atoms. The standard InChI is InChI=1S/C45H85NO5/c1-3-5-7-9-11-13-15-18-21-25-29-33-37-43(48)42(41-47)46-44(49)38-34-30-26-22-19-16-20-24-28-32-36-40-51-45(50)39-35-31-27-23-17-14-12-10-8-6-4-2/h10,12,20,24,42-43,47-48H,3-9,11,13-19,21-23,25-41H2,1-2H3,(H,46,49)/b12-10-,24-20-. The average Bonchev–Trinajstić information content (AvgIpc) is 3.13. The molecule has 0 aliphatic heterocycles. The molecule has 0 aromatic carbocycles. The van der Waals surface area contributed by atoms with Crippen molar-refractivity contribution >= 4 is 11.9 Å². The molecule has 6 heteroatoms. The van der Waals surface area contributed by atoms with Crippen molar-refractivity contribution in [3.63, 3.8) is 0 Å². The first kappa shape index (κ1) is 49.3. The second kappa shape index (κ2) is 41.1. The third kappa shape index (κ3) is 37.9. The summed E-state index contributed by atoms with van der Waals surface area (Å²) in [6.45, 7) is 4.81. The Kier molecular flexibility index (Phi) is 39.8. The Labute approximate surface area is 316 Å². The number of aliphatic hydroxyl groups is 2. The molecule has 0 heterocycles. The third-order valence-corrected chi connectivity index (χ3v) is 9.97. The van der Waals surface area contributed by atoms with Crippen LogP contribution in [0.5, 0.6) is 0 Å². The van der Waals surface area contributed by atoms with Gasteiger partial charge in [0, 0.05) is 12.8 Å². The van der Waals surface area contributed by atoms with Gasteiger partial charge >= 0.3 is 5.97 Å². The molecule has 0 bridgehead atoms. The molecule has 2 unspecified atom stereocenters. The topological polar surface area (TPSA) is 95.9 Å². The third-order valence-electron chi connectivity index (χ3n) is 9.97. The molecule has 0 saturated heterocycles. The molecule has 300 valence electrons. The number of hydrogen-bond donors (Lipinski definition) is 3.